The predicted molar refractivity (Wildman–Crippen MR) is 87.3 cm³/mol. The molecule has 0 unspecified atom stereocenters. The lowest BCUT2D eigenvalue weighted by molar-refractivity contribution is -0.146. The van der Waals surface area contributed by atoms with E-state index in [2.05, 4.69) is 25.3 Å². The van der Waals surface area contributed by atoms with E-state index in [-0.39, 0.29) is 11.6 Å². The maximum Gasteiger partial charge on any atom is 0.455 e. The van der Waals surface area contributed by atoms with Crippen LogP contribution in [0.1, 0.15) is 17.1 Å². The van der Waals surface area contributed by atoms with Crippen molar-refractivity contribution in [1.82, 2.24) is 29.9 Å². The van der Waals surface area contributed by atoms with Gasteiger partial charge >= 0.3 is 6.18 Å². The molecule has 3 aromatic heterocycles. The Bertz CT molecular complexity index is 1180. The molecular formula is C16H8ClF3N6O. The van der Waals surface area contributed by atoms with Crippen LogP contribution in [0.15, 0.2) is 35.2 Å². The van der Waals surface area contributed by atoms with Gasteiger partial charge in [0.05, 0.1) is 23.3 Å². The monoisotopic (exact) mass is 392 g/mol. The van der Waals surface area contributed by atoms with Crippen LogP contribution in [0.25, 0.3) is 28.5 Å². The molecule has 1 N–H and O–H groups in total. The number of nitrogens with one attached hydrogen (secondary N) is 1. The standard InChI is InChI=1S/C16H8ClF3N6O/c17-8-1-2-10-9(4-8)12-7(5-22-24-12)3-11-13(21-6-26(10)11)14-23-15(25-27-14)16(18,19)20/h1-2,4-6H,3H2,(H,22,24). The molecule has 0 amide bonds. The lowest BCUT2D eigenvalue weighted by Crippen LogP contribution is -2.07. The zero-order valence-corrected chi connectivity index (χ0v) is 14.0. The van der Waals surface area contributed by atoms with Crippen LogP contribution in [0.5, 0.6) is 0 Å². The summed E-state index contributed by atoms with van der Waals surface area (Å²) < 4.78 is 45.0. The van der Waals surface area contributed by atoms with Crippen LogP contribution in [0.2, 0.25) is 5.02 Å². The van der Waals surface area contributed by atoms with Crippen molar-refractivity contribution >= 4 is 11.6 Å². The Kier molecular flexibility index (Phi) is 3.23. The summed E-state index contributed by atoms with van der Waals surface area (Å²) in [6.07, 6.45) is -1.17. The molecule has 136 valence electrons. The second-order valence-electron chi connectivity index (χ2n) is 5.94. The van der Waals surface area contributed by atoms with Crippen molar-refractivity contribution in [3.63, 3.8) is 0 Å². The van der Waals surface area contributed by atoms with Crippen molar-refractivity contribution in [2.45, 2.75) is 12.6 Å². The van der Waals surface area contributed by atoms with Gasteiger partial charge in [-0.25, -0.2) is 4.98 Å². The molecule has 5 rings (SSSR count). The van der Waals surface area contributed by atoms with Gasteiger partial charge in [0.1, 0.15) is 6.33 Å². The first-order valence-electron chi connectivity index (χ1n) is 7.72. The lowest BCUT2D eigenvalue weighted by Gasteiger charge is -2.09. The number of fused-ring (bicyclic) bond motifs is 5. The van der Waals surface area contributed by atoms with E-state index in [0.29, 0.717) is 17.1 Å². The Hall–Kier alpha value is -3.14. The molecule has 27 heavy (non-hydrogen) atoms. The quantitative estimate of drug-likeness (QED) is 0.468. The molecule has 0 saturated carbocycles. The maximum atomic E-state index is 12.8. The predicted octanol–water partition coefficient (Wildman–Crippen LogP) is 3.89. The molecule has 4 heterocycles. The molecule has 0 radical (unpaired) electrons. The molecule has 0 spiro atoms. The normalized spacial score (nSPS) is 13.0. The molecule has 0 aliphatic carbocycles. The first-order valence-corrected chi connectivity index (χ1v) is 8.09. The molecule has 7 nitrogen and oxygen atoms in total. The molecule has 0 bridgehead atoms. The Balaban J connectivity index is 1.72. The van der Waals surface area contributed by atoms with E-state index in [0.717, 1.165) is 22.5 Å². The van der Waals surface area contributed by atoms with Gasteiger partial charge in [0.2, 0.25) is 0 Å². The van der Waals surface area contributed by atoms with E-state index < -0.39 is 12.0 Å². The average molecular weight is 393 g/mol. The van der Waals surface area contributed by atoms with E-state index in [1.165, 1.54) is 6.33 Å². The van der Waals surface area contributed by atoms with Gasteiger partial charge in [-0.05, 0) is 18.2 Å². The summed E-state index contributed by atoms with van der Waals surface area (Å²) in [6.45, 7) is 0. The Labute approximate surface area is 153 Å². The summed E-state index contributed by atoms with van der Waals surface area (Å²) in [5.41, 5.74) is 3.98. The summed E-state index contributed by atoms with van der Waals surface area (Å²) in [5.74, 6) is -1.64. The van der Waals surface area contributed by atoms with Crippen molar-refractivity contribution < 1.29 is 17.7 Å². The Morgan fingerprint density at radius 3 is 2.89 bits per heavy atom. The van der Waals surface area contributed by atoms with E-state index in [1.54, 1.807) is 29.0 Å². The fraction of sp³-hybridized carbons (Fsp3) is 0.125. The highest BCUT2D eigenvalue weighted by Gasteiger charge is 2.38. The smallest absolute Gasteiger partial charge is 0.332 e. The van der Waals surface area contributed by atoms with Crippen LogP contribution < -0.4 is 0 Å². The van der Waals surface area contributed by atoms with Gasteiger partial charge in [0.25, 0.3) is 11.7 Å². The Morgan fingerprint density at radius 2 is 2.11 bits per heavy atom. The third-order valence-corrected chi connectivity index (χ3v) is 4.55. The Morgan fingerprint density at radius 1 is 1.26 bits per heavy atom. The largest absolute Gasteiger partial charge is 0.455 e. The minimum atomic E-state index is -4.69. The fourth-order valence-corrected chi connectivity index (χ4v) is 3.31. The third kappa shape index (κ3) is 2.44. The van der Waals surface area contributed by atoms with Gasteiger partial charge in [0, 0.05) is 22.6 Å². The highest BCUT2D eigenvalue weighted by atomic mass is 35.5. The van der Waals surface area contributed by atoms with Gasteiger partial charge in [-0.1, -0.05) is 16.8 Å². The number of hydrogen-bond donors (Lipinski definition) is 1. The van der Waals surface area contributed by atoms with Crippen LogP contribution in [-0.4, -0.2) is 29.9 Å². The second-order valence-corrected chi connectivity index (χ2v) is 6.38. The highest BCUT2D eigenvalue weighted by molar-refractivity contribution is 6.31. The number of aromatic nitrogens is 6. The third-order valence-electron chi connectivity index (χ3n) is 4.31. The van der Waals surface area contributed by atoms with Crippen molar-refractivity contribution in [3.05, 3.63) is 52.8 Å². The van der Waals surface area contributed by atoms with Crippen LogP contribution >= 0.6 is 11.6 Å². The molecule has 0 atom stereocenters. The zero-order chi connectivity index (χ0) is 18.8. The summed E-state index contributed by atoms with van der Waals surface area (Å²) in [7, 11) is 0. The van der Waals surface area contributed by atoms with Crippen molar-refractivity contribution in [2.24, 2.45) is 0 Å². The molecule has 0 saturated heterocycles. The fourth-order valence-electron chi connectivity index (χ4n) is 3.14. The second kappa shape index (κ2) is 5.43. The molecule has 4 aromatic rings. The molecule has 1 aliphatic heterocycles. The first-order chi connectivity index (χ1) is 12.9. The van der Waals surface area contributed by atoms with Crippen molar-refractivity contribution in [2.75, 3.05) is 0 Å². The highest BCUT2D eigenvalue weighted by Crippen LogP contribution is 2.38. The van der Waals surface area contributed by atoms with Gasteiger partial charge in [0.15, 0.2) is 5.69 Å². The number of alkyl halides is 3. The summed E-state index contributed by atoms with van der Waals surface area (Å²) in [4.78, 5) is 7.67. The lowest BCUT2D eigenvalue weighted by atomic mass is 10.0. The maximum absolute atomic E-state index is 12.8. The average Bonchev–Trinajstić information content (AvgIpc) is 3.32. The van der Waals surface area contributed by atoms with E-state index in [1.807, 2.05) is 0 Å². The van der Waals surface area contributed by atoms with Crippen molar-refractivity contribution in [3.8, 4) is 28.5 Å². The van der Waals surface area contributed by atoms with Crippen LogP contribution in [0, 0.1) is 0 Å². The topological polar surface area (TPSA) is 85.4 Å². The SMILES string of the molecule is FC(F)(F)c1noc(-c2ncn3c2Cc2cn[nH]c2-c2cc(Cl)ccc2-3)n1. The summed E-state index contributed by atoms with van der Waals surface area (Å²) >= 11 is 6.14. The van der Waals surface area contributed by atoms with E-state index >= 15 is 0 Å². The molecule has 11 heteroatoms. The minimum absolute atomic E-state index is 0.188. The van der Waals surface area contributed by atoms with E-state index in [4.69, 9.17) is 16.1 Å². The molecule has 1 aromatic carbocycles. The number of aromatic amines is 1. The zero-order valence-electron chi connectivity index (χ0n) is 13.3. The molecule has 0 fully saturated rings. The summed E-state index contributed by atoms with van der Waals surface area (Å²) in [6, 6.07) is 5.31. The number of nitrogens with zero attached hydrogens (tertiary/aromatic N) is 5. The summed E-state index contributed by atoms with van der Waals surface area (Å²) in [5, 5.41) is 10.6. The number of halogens is 4. The number of hydrogen-bond acceptors (Lipinski definition) is 5. The van der Waals surface area contributed by atoms with Gasteiger partial charge in [-0.3, -0.25) is 5.10 Å². The number of H-pyrrole nitrogens is 1. The van der Waals surface area contributed by atoms with Gasteiger partial charge < -0.3 is 9.09 Å². The van der Waals surface area contributed by atoms with Crippen LogP contribution in [0.4, 0.5) is 13.2 Å². The molecule has 1 aliphatic rings. The van der Waals surface area contributed by atoms with Crippen LogP contribution in [-0.2, 0) is 12.6 Å². The first kappa shape index (κ1) is 16.1. The molecular weight excluding hydrogens is 385 g/mol. The van der Waals surface area contributed by atoms with Gasteiger partial charge in [-0.15, -0.1) is 0 Å². The van der Waals surface area contributed by atoms with Crippen LogP contribution in [0.3, 0.4) is 0 Å². The van der Waals surface area contributed by atoms with Gasteiger partial charge in [-0.2, -0.15) is 23.3 Å². The minimum Gasteiger partial charge on any atom is -0.332 e. The number of imidazole rings is 1. The van der Waals surface area contributed by atoms with Crippen molar-refractivity contribution in [1.29, 1.82) is 0 Å². The number of benzene rings is 1. The number of rotatable bonds is 1. The van der Waals surface area contributed by atoms with E-state index in [9.17, 15) is 13.2 Å².